The van der Waals surface area contributed by atoms with Crippen LogP contribution in [0.15, 0.2) is 47.6 Å². The third-order valence-electron chi connectivity index (χ3n) is 5.32. The fraction of sp³-hybridized carbons (Fsp3) is 0.208. The minimum atomic E-state index is -0.519. The molecule has 170 valence electrons. The number of hydrogen-bond donors (Lipinski definition) is 2. The summed E-state index contributed by atoms with van der Waals surface area (Å²) < 4.78 is 13.6. The zero-order chi connectivity index (χ0) is 24.2. The van der Waals surface area contributed by atoms with Crippen molar-refractivity contribution in [2.45, 2.75) is 16.9 Å². The minimum absolute atomic E-state index is 0.199. The van der Waals surface area contributed by atoms with Gasteiger partial charge in [0.05, 0.1) is 11.7 Å². The SMILES string of the molecule is CNC(=O)c1cc(CSc2nc(N3CC(O)C3)c(C#N)c(-c3ccc(F)cc3)c2C#N)ccn1. The Bertz CT molecular complexity index is 1330. The first kappa shape index (κ1) is 23.2. The monoisotopic (exact) mass is 474 g/mol. The number of hydrogen-bond acceptors (Lipinski definition) is 8. The molecule has 1 fully saturated rings. The van der Waals surface area contributed by atoms with Crippen molar-refractivity contribution < 1.29 is 14.3 Å². The summed E-state index contributed by atoms with van der Waals surface area (Å²) in [5.41, 5.74) is 2.38. The number of thioether (sulfide) groups is 1. The molecular formula is C24H19FN6O2S. The van der Waals surface area contributed by atoms with Crippen LogP contribution in [0, 0.1) is 28.5 Å². The number of amides is 1. The number of nitrogens with zero attached hydrogens (tertiary/aromatic N) is 5. The lowest BCUT2D eigenvalue weighted by Crippen LogP contribution is -2.51. The van der Waals surface area contributed by atoms with E-state index in [9.17, 15) is 24.8 Å². The largest absolute Gasteiger partial charge is 0.389 e. The van der Waals surface area contributed by atoms with Crippen molar-refractivity contribution in [2.75, 3.05) is 25.0 Å². The van der Waals surface area contributed by atoms with Gasteiger partial charge >= 0.3 is 0 Å². The predicted molar refractivity (Wildman–Crippen MR) is 124 cm³/mol. The van der Waals surface area contributed by atoms with Gasteiger partial charge in [0.25, 0.3) is 5.91 Å². The summed E-state index contributed by atoms with van der Waals surface area (Å²) in [5, 5.41) is 32.7. The maximum Gasteiger partial charge on any atom is 0.269 e. The number of pyridine rings is 2. The molecule has 2 N–H and O–H groups in total. The van der Waals surface area contributed by atoms with Gasteiger partial charge in [0.2, 0.25) is 0 Å². The summed E-state index contributed by atoms with van der Waals surface area (Å²) in [6.45, 7) is 0.640. The summed E-state index contributed by atoms with van der Waals surface area (Å²) in [5.74, 6) is 0.0261. The molecule has 0 radical (unpaired) electrons. The minimum Gasteiger partial charge on any atom is -0.389 e. The molecule has 34 heavy (non-hydrogen) atoms. The van der Waals surface area contributed by atoms with E-state index in [1.165, 1.54) is 49.3 Å². The highest BCUT2D eigenvalue weighted by molar-refractivity contribution is 7.98. The molecule has 0 bridgehead atoms. The van der Waals surface area contributed by atoms with E-state index in [4.69, 9.17) is 0 Å². The average Bonchev–Trinajstić information content (AvgIpc) is 2.84. The van der Waals surface area contributed by atoms with Gasteiger partial charge in [-0.15, -0.1) is 11.8 Å². The fourth-order valence-electron chi connectivity index (χ4n) is 3.60. The molecule has 3 heterocycles. The molecular weight excluding hydrogens is 455 g/mol. The second kappa shape index (κ2) is 9.87. The first-order chi connectivity index (χ1) is 16.4. The molecule has 0 spiro atoms. The van der Waals surface area contributed by atoms with Crippen LogP contribution in [0.25, 0.3) is 11.1 Å². The lowest BCUT2D eigenvalue weighted by Gasteiger charge is -2.37. The zero-order valence-corrected chi connectivity index (χ0v) is 18.9. The molecule has 1 saturated heterocycles. The molecule has 1 amide bonds. The van der Waals surface area contributed by atoms with Crippen molar-refractivity contribution in [2.24, 2.45) is 0 Å². The first-order valence-electron chi connectivity index (χ1n) is 10.3. The Morgan fingerprint density at radius 3 is 2.56 bits per heavy atom. The molecule has 1 aliphatic rings. The van der Waals surface area contributed by atoms with Crippen LogP contribution < -0.4 is 10.2 Å². The Morgan fingerprint density at radius 1 is 1.24 bits per heavy atom. The van der Waals surface area contributed by atoms with E-state index in [2.05, 4.69) is 27.4 Å². The van der Waals surface area contributed by atoms with Crippen LogP contribution in [0.2, 0.25) is 0 Å². The molecule has 8 nitrogen and oxygen atoms in total. The van der Waals surface area contributed by atoms with Crippen molar-refractivity contribution in [1.82, 2.24) is 15.3 Å². The van der Waals surface area contributed by atoms with Crippen LogP contribution >= 0.6 is 11.8 Å². The normalized spacial score (nSPS) is 13.0. The summed E-state index contributed by atoms with van der Waals surface area (Å²) in [4.78, 5) is 22.4. The second-order valence-corrected chi connectivity index (χ2v) is 8.54. The number of benzene rings is 1. The van der Waals surface area contributed by atoms with Crippen LogP contribution in [0.5, 0.6) is 0 Å². The molecule has 2 aromatic heterocycles. The van der Waals surface area contributed by atoms with Gasteiger partial charge in [-0.25, -0.2) is 9.37 Å². The van der Waals surface area contributed by atoms with Gasteiger partial charge in [0.15, 0.2) is 0 Å². The van der Waals surface area contributed by atoms with E-state index in [0.717, 1.165) is 5.56 Å². The Hall–Kier alpha value is -3.99. The van der Waals surface area contributed by atoms with Crippen molar-refractivity contribution in [3.05, 3.63) is 70.8 Å². The van der Waals surface area contributed by atoms with E-state index in [1.54, 1.807) is 17.0 Å². The van der Waals surface area contributed by atoms with Gasteiger partial charge in [0.1, 0.15) is 40.1 Å². The summed E-state index contributed by atoms with van der Waals surface area (Å²) >= 11 is 1.29. The van der Waals surface area contributed by atoms with Crippen LogP contribution in [0.1, 0.15) is 27.2 Å². The maximum absolute atomic E-state index is 13.6. The van der Waals surface area contributed by atoms with Gasteiger partial charge in [-0.3, -0.25) is 9.78 Å². The smallest absolute Gasteiger partial charge is 0.269 e. The van der Waals surface area contributed by atoms with Crippen molar-refractivity contribution in [3.8, 4) is 23.3 Å². The Kier molecular flexibility index (Phi) is 6.73. The first-order valence-corrected chi connectivity index (χ1v) is 11.3. The molecule has 0 aliphatic carbocycles. The lowest BCUT2D eigenvalue weighted by molar-refractivity contribution is 0.0958. The number of nitriles is 2. The summed E-state index contributed by atoms with van der Waals surface area (Å²) in [7, 11) is 1.52. The quantitative estimate of drug-likeness (QED) is 0.523. The number of carbonyl (C=O) groups is 1. The molecule has 3 aromatic rings. The highest BCUT2D eigenvalue weighted by atomic mass is 32.2. The van der Waals surface area contributed by atoms with Gasteiger partial charge in [-0.1, -0.05) is 12.1 Å². The number of aliphatic hydroxyl groups is 1. The highest BCUT2D eigenvalue weighted by Gasteiger charge is 2.31. The molecule has 10 heteroatoms. The predicted octanol–water partition coefficient (Wildman–Crippen LogP) is 2.86. The van der Waals surface area contributed by atoms with Gasteiger partial charge in [-0.05, 0) is 35.4 Å². The number of rotatable bonds is 6. The molecule has 0 unspecified atom stereocenters. The number of anilines is 1. The van der Waals surface area contributed by atoms with E-state index < -0.39 is 11.9 Å². The fourth-order valence-corrected chi connectivity index (χ4v) is 4.52. The Labute approximate surface area is 199 Å². The van der Waals surface area contributed by atoms with Gasteiger partial charge < -0.3 is 15.3 Å². The topological polar surface area (TPSA) is 126 Å². The summed E-state index contributed by atoms with van der Waals surface area (Å²) in [6.07, 6.45) is 1.02. The Balaban J connectivity index is 1.79. The maximum atomic E-state index is 13.6. The number of aromatic nitrogens is 2. The number of β-amino-alcohol motifs (C(OH)–C–C–N with tert-alkyl or cyclic N) is 1. The molecule has 1 aliphatic heterocycles. The van der Waals surface area contributed by atoms with E-state index in [-0.39, 0.29) is 22.7 Å². The molecule has 1 aromatic carbocycles. The highest BCUT2D eigenvalue weighted by Crippen LogP contribution is 2.39. The number of carbonyl (C=O) groups excluding carboxylic acids is 1. The van der Waals surface area contributed by atoms with Crippen molar-refractivity contribution >= 4 is 23.5 Å². The second-order valence-electron chi connectivity index (χ2n) is 7.57. The van der Waals surface area contributed by atoms with Crippen molar-refractivity contribution in [3.63, 3.8) is 0 Å². The van der Waals surface area contributed by atoms with Crippen LogP contribution in [0.4, 0.5) is 10.2 Å². The average molecular weight is 475 g/mol. The number of halogens is 1. The van der Waals surface area contributed by atoms with Crippen molar-refractivity contribution in [1.29, 1.82) is 10.5 Å². The molecule has 0 saturated carbocycles. The lowest BCUT2D eigenvalue weighted by atomic mass is 9.96. The van der Waals surface area contributed by atoms with Crippen LogP contribution in [-0.4, -0.2) is 47.2 Å². The van der Waals surface area contributed by atoms with Crippen LogP contribution in [-0.2, 0) is 5.75 Å². The van der Waals surface area contributed by atoms with E-state index in [1.807, 2.05) is 0 Å². The number of nitrogens with one attached hydrogen (secondary N) is 1. The van der Waals surface area contributed by atoms with E-state index in [0.29, 0.717) is 40.8 Å². The van der Waals surface area contributed by atoms with Gasteiger partial charge in [-0.2, -0.15) is 10.5 Å². The number of aliphatic hydroxyl groups excluding tert-OH is 1. The van der Waals surface area contributed by atoms with Gasteiger partial charge in [0, 0.05) is 37.7 Å². The zero-order valence-electron chi connectivity index (χ0n) is 18.1. The molecule has 0 atom stereocenters. The summed E-state index contributed by atoms with van der Waals surface area (Å²) in [6, 6.07) is 13.3. The van der Waals surface area contributed by atoms with Crippen LogP contribution in [0.3, 0.4) is 0 Å². The third-order valence-corrected chi connectivity index (χ3v) is 6.37. The molecule has 4 rings (SSSR count). The van der Waals surface area contributed by atoms with E-state index >= 15 is 0 Å². The standard InChI is InChI=1S/C24H19FN6O2S/c1-28-23(33)20-8-14(6-7-29-20)13-34-24-19(10-27)21(15-2-4-16(25)5-3-15)18(9-26)22(30-24)31-11-17(32)12-31/h2-8,17,32H,11-13H2,1H3,(H,28,33). The third kappa shape index (κ3) is 4.55. The Morgan fingerprint density at radius 2 is 1.94 bits per heavy atom.